The van der Waals surface area contributed by atoms with Crippen molar-refractivity contribution < 1.29 is 13.5 Å². The van der Waals surface area contributed by atoms with E-state index in [1.165, 1.54) is 11.3 Å². The van der Waals surface area contributed by atoms with Crippen LogP contribution in [0.1, 0.15) is 36.6 Å². The Balaban J connectivity index is 2.68. The van der Waals surface area contributed by atoms with E-state index >= 15 is 0 Å². The van der Waals surface area contributed by atoms with Crippen molar-refractivity contribution in [1.29, 1.82) is 0 Å². The van der Waals surface area contributed by atoms with Crippen molar-refractivity contribution in [3.05, 3.63) is 16.5 Å². The molecule has 1 aromatic rings. The average molecular weight is 305 g/mol. The van der Waals surface area contributed by atoms with E-state index in [9.17, 15) is 8.42 Å². The van der Waals surface area contributed by atoms with Gasteiger partial charge in [0.25, 0.3) is 0 Å². The van der Waals surface area contributed by atoms with E-state index in [1.807, 2.05) is 13.8 Å². The highest BCUT2D eigenvalue weighted by molar-refractivity contribution is 7.91. The monoisotopic (exact) mass is 305 g/mol. The lowest BCUT2D eigenvalue weighted by atomic mass is 10.0. The van der Waals surface area contributed by atoms with Gasteiger partial charge < -0.3 is 5.11 Å². The number of aliphatic hydroxyl groups excluding tert-OH is 1. The lowest BCUT2D eigenvalue weighted by Gasteiger charge is -2.15. The number of aliphatic hydroxyl groups is 1. The van der Waals surface area contributed by atoms with Crippen LogP contribution in [0, 0.1) is 19.8 Å². The van der Waals surface area contributed by atoms with Crippen molar-refractivity contribution in [2.75, 3.05) is 13.2 Å². The van der Waals surface area contributed by atoms with Gasteiger partial charge >= 0.3 is 0 Å². The molecular formula is C13H23NO3S2. The summed E-state index contributed by atoms with van der Waals surface area (Å²) in [6.07, 6.45) is 2.55. The number of thiophene rings is 1. The molecule has 6 heteroatoms. The van der Waals surface area contributed by atoms with Crippen LogP contribution in [0.25, 0.3) is 0 Å². The Bertz CT molecular complexity index is 468. The minimum atomic E-state index is -3.41. The third kappa shape index (κ3) is 4.87. The van der Waals surface area contributed by atoms with Gasteiger partial charge in [-0.05, 0) is 44.2 Å². The van der Waals surface area contributed by atoms with Crippen molar-refractivity contribution in [3.8, 4) is 0 Å². The zero-order valence-electron chi connectivity index (χ0n) is 11.8. The van der Waals surface area contributed by atoms with Gasteiger partial charge in [-0.25, -0.2) is 13.1 Å². The van der Waals surface area contributed by atoms with Gasteiger partial charge in [0, 0.05) is 18.0 Å². The van der Waals surface area contributed by atoms with Gasteiger partial charge in [-0.2, -0.15) is 0 Å². The SMILES string of the molecule is CCCC(CCO)CNS(=O)(=O)c1cc(C)c(C)s1. The maximum absolute atomic E-state index is 12.1. The molecule has 1 heterocycles. The zero-order chi connectivity index (χ0) is 14.5. The van der Waals surface area contributed by atoms with Crippen LogP contribution in [0.5, 0.6) is 0 Å². The van der Waals surface area contributed by atoms with Crippen LogP contribution >= 0.6 is 11.3 Å². The number of aryl methyl sites for hydroxylation is 2. The minimum Gasteiger partial charge on any atom is -0.396 e. The first-order valence-electron chi connectivity index (χ1n) is 6.58. The zero-order valence-corrected chi connectivity index (χ0v) is 13.4. The molecule has 0 bridgehead atoms. The summed E-state index contributed by atoms with van der Waals surface area (Å²) in [5, 5.41) is 8.97. The number of sulfonamides is 1. The standard InChI is InChI=1S/C13H23NO3S2/c1-4-5-12(6-7-15)9-14-19(16,17)13-8-10(2)11(3)18-13/h8,12,14-15H,4-7,9H2,1-3H3. The van der Waals surface area contributed by atoms with Gasteiger partial charge in [0.05, 0.1) is 0 Å². The molecule has 110 valence electrons. The van der Waals surface area contributed by atoms with Gasteiger partial charge in [0.1, 0.15) is 4.21 Å². The summed E-state index contributed by atoms with van der Waals surface area (Å²) in [5.41, 5.74) is 1.01. The van der Waals surface area contributed by atoms with E-state index in [0.717, 1.165) is 23.3 Å². The predicted molar refractivity (Wildman–Crippen MR) is 79.1 cm³/mol. The minimum absolute atomic E-state index is 0.101. The summed E-state index contributed by atoms with van der Waals surface area (Å²) in [6, 6.07) is 1.71. The summed E-state index contributed by atoms with van der Waals surface area (Å²) in [4.78, 5) is 1.03. The number of nitrogens with one attached hydrogen (secondary N) is 1. The second-order valence-corrected chi connectivity index (χ2v) is 8.07. The Hall–Kier alpha value is -0.430. The van der Waals surface area contributed by atoms with E-state index < -0.39 is 10.0 Å². The third-order valence-electron chi connectivity index (χ3n) is 3.20. The van der Waals surface area contributed by atoms with E-state index in [-0.39, 0.29) is 12.5 Å². The van der Waals surface area contributed by atoms with E-state index in [0.29, 0.717) is 17.2 Å². The maximum Gasteiger partial charge on any atom is 0.250 e. The molecule has 4 nitrogen and oxygen atoms in total. The fourth-order valence-electron chi connectivity index (χ4n) is 1.91. The van der Waals surface area contributed by atoms with Gasteiger partial charge in [-0.15, -0.1) is 11.3 Å². The lowest BCUT2D eigenvalue weighted by Crippen LogP contribution is -2.29. The van der Waals surface area contributed by atoms with Gasteiger partial charge in [0.2, 0.25) is 10.0 Å². The Morgan fingerprint density at radius 2 is 2.05 bits per heavy atom. The van der Waals surface area contributed by atoms with E-state index in [1.54, 1.807) is 6.07 Å². The van der Waals surface area contributed by atoms with Crippen molar-refractivity contribution in [2.45, 2.75) is 44.2 Å². The van der Waals surface area contributed by atoms with Gasteiger partial charge in [-0.3, -0.25) is 0 Å². The Morgan fingerprint density at radius 3 is 2.53 bits per heavy atom. The number of hydrogen-bond donors (Lipinski definition) is 2. The van der Waals surface area contributed by atoms with Crippen molar-refractivity contribution in [3.63, 3.8) is 0 Å². The molecule has 0 amide bonds. The molecule has 0 saturated carbocycles. The fourth-order valence-corrected chi connectivity index (χ4v) is 4.59. The summed E-state index contributed by atoms with van der Waals surface area (Å²) < 4.78 is 27.3. The highest BCUT2D eigenvalue weighted by Crippen LogP contribution is 2.25. The van der Waals surface area contributed by atoms with Crippen molar-refractivity contribution in [2.24, 2.45) is 5.92 Å². The molecule has 0 radical (unpaired) electrons. The third-order valence-corrected chi connectivity index (χ3v) is 6.25. The molecule has 0 fully saturated rings. The topological polar surface area (TPSA) is 66.4 Å². The van der Waals surface area contributed by atoms with Crippen LogP contribution in [0.4, 0.5) is 0 Å². The summed E-state index contributed by atoms with van der Waals surface area (Å²) in [6.45, 7) is 6.39. The first-order chi connectivity index (χ1) is 8.90. The molecule has 0 spiro atoms. The predicted octanol–water partition coefficient (Wildman–Crippen LogP) is 2.44. The van der Waals surface area contributed by atoms with E-state index in [2.05, 4.69) is 11.6 Å². The molecule has 1 aromatic heterocycles. The summed E-state index contributed by atoms with van der Waals surface area (Å²) >= 11 is 1.30. The molecule has 0 aromatic carbocycles. The van der Waals surface area contributed by atoms with Crippen molar-refractivity contribution >= 4 is 21.4 Å². The quantitative estimate of drug-likeness (QED) is 0.775. The summed E-state index contributed by atoms with van der Waals surface area (Å²) in [7, 11) is -3.41. The van der Waals surface area contributed by atoms with Gasteiger partial charge in [-0.1, -0.05) is 13.3 Å². The number of hydrogen-bond acceptors (Lipinski definition) is 4. The van der Waals surface area contributed by atoms with Crippen LogP contribution in [-0.2, 0) is 10.0 Å². The first kappa shape index (κ1) is 16.6. The lowest BCUT2D eigenvalue weighted by molar-refractivity contribution is 0.251. The molecule has 1 atom stereocenters. The Labute approximate surface area is 119 Å². The van der Waals surface area contributed by atoms with Gasteiger partial charge in [0.15, 0.2) is 0 Å². The molecule has 2 N–H and O–H groups in total. The normalized spacial score (nSPS) is 13.7. The Morgan fingerprint density at radius 1 is 1.37 bits per heavy atom. The van der Waals surface area contributed by atoms with Crippen LogP contribution in [-0.4, -0.2) is 26.7 Å². The van der Waals surface area contributed by atoms with Crippen LogP contribution < -0.4 is 4.72 Å². The number of rotatable bonds is 8. The fraction of sp³-hybridized carbons (Fsp3) is 0.692. The van der Waals surface area contributed by atoms with Crippen LogP contribution in [0.2, 0.25) is 0 Å². The maximum atomic E-state index is 12.1. The second kappa shape index (κ2) is 7.38. The molecule has 0 aliphatic rings. The first-order valence-corrected chi connectivity index (χ1v) is 8.88. The molecule has 1 unspecified atom stereocenters. The highest BCUT2D eigenvalue weighted by atomic mass is 32.2. The average Bonchev–Trinajstić information content (AvgIpc) is 2.68. The molecule has 1 rings (SSSR count). The molecule has 0 aliphatic heterocycles. The smallest absolute Gasteiger partial charge is 0.250 e. The summed E-state index contributed by atoms with van der Waals surface area (Å²) in [5.74, 6) is 0.201. The highest BCUT2D eigenvalue weighted by Gasteiger charge is 2.19. The second-order valence-electron chi connectivity index (χ2n) is 4.82. The van der Waals surface area contributed by atoms with Crippen molar-refractivity contribution in [1.82, 2.24) is 4.72 Å². The van der Waals surface area contributed by atoms with Crippen LogP contribution in [0.15, 0.2) is 10.3 Å². The Kier molecular flexibility index (Phi) is 6.46. The largest absolute Gasteiger partial charge is 0.396 e. The molecular weight excluding hydrogens is 282 g/mol. The van der Waals surface area contributed by atoms with Crippen LogP contribution in [0.3, 0.4) is 0 Å². The molecule has 0 aliphatic carbocycles. The molecule has 19 heavy (non-hydrogen) atoms. The molecule has 0 saturated heterocycles. The van der Waals surface area contributed by atoms with E-state index in [4.69, 9.17) is 5.11 Å².